The van der Waals surface area contributed by atoms with Gasteiger partial charge in [0.1, 0.15) is 5.75 Å². The van der Waals surface area contributed by atoms with Crippen LogP contribution in [0.2, 0.25) is 0 Å². The summed E-state index contributed by atoms with van der Waals surface area (Å²) >= 11 is 0. The van der Waals surface area contributed by atoms with E-state index in [0.717, 1.165) is 16.9 Å². The Bertz CT molecular complexity index is 902. The van der Waals surface area contributed by atoms with Crippen molar-refractivity contribution in [3.8, 4) is 17.1 Å². The van der Waals surface area contributed by atoms with Crippen LogP contribution in [0.1, 0.15) is 30.4 Å². The highest BCUT2D eigenvalue weighted by Crippen LogP contribution is 2.17. The number of nitrogens with zero attached hydrogens (tertiary/aromatic N) is 3. The third-order valence-corrected chi connectivity index (χ3v) is 4.41. The van der Waals surface area contributed by atoms with Crippen LogP contribution in [0.5, 0.6) is 5.75 Å². The number of carbonyl (C=O) groups excluding carboxylic acids is 1. The second kappa shape index (κ2) is 9.17. The first-order valence-corrected chi connectivity index (χ1v) is 9.40. The lowest BCUT2D eigenvalue weighted by Gasteiger charge is -2.17. The van der Waals surface area contributed by atoms with Crippen LogP contribution >= 0.6 is 0 Å². The second-order valence-electron chi connectivity index (χ2n) is 6.70. The van der Waals surface area contributed by atoms with Crippen molar-refractivity contribution in [2.45, 2.75) is 33.2 Å². The summed E-state index contributed by atoms with van der Waals surface area (Å²) in [6.07, 6.45) is 0.744. The molecule has 6 heteroatoms. The van der Waals surface area contributed by atoms with Gasteiger partial charge in [0.15, 0.2) is 0 Å². The Hall–Kier alpha value is -3.15. The summed E-state index contributed by atoms with van der Waals surface area (Å²) in [4.78, 5) is 18.5. The van der Waals surface area contributed by atoms with Gasteiger partial charge in [0.25, 0.3) is 0 Å². The summed E-state index contributed by atoms with van der Waals surface area (Å²) in [5, 5.41) is 4.01. The van der Waals surface area contributed by atoms with Gasteiger partial charge >= 0.3 is 0 Å². The van der Waals surface area contributed by atoms with Gasteiger partial charge < -0.3 is 14.2 Å². The average molecular weight is 379 g/mol. The molecule has 1 aromatic heterocycles. The lowest BCUT2D eigenvalue weighted by atomic mass is 10.1. The molecule has 0 unspecified atom stereocenters. The number of aromatic nitrogens is 2. The Balaban J connectivity index is 1.51. The highest BCUT2D eigenvalue weighted by Gasteiger charge is 2.13. The predicted octanol–water partition coefficient (Wildman–Crippen LogP) is 4.03. The van der Waals surface area contributed by atoms with Crippen molar-refractivity contribution in [3.63, 3.8) is 0 Å². The van der Waals surface area contributed by atoms with E-state index in [2.05, 4.69) is 10.1 Å². The maximum Gasteiger partial charge on any atom is 0.227 e. The first-order chi connectivity index (χ1) is 13.5. The molecule has 146 valence electrons. The minimum Gasteiger partial charge on any atom is -0.494 e. The van der Waals surface area contributed by atoms with Crippen molar-refractivity contribution in [2.75, 3.05) is 13.7 Å². The molecule has 0 saturated carbocycles. The van der Waals surface area contributed by atoms with Crippen molar-refractivity contribution < 1.29 is 14.1 Å². The molecule has 0 radical (unpaired) electrons. The number of hydrogen-bond acceptors (Lipinski definition) is 5. The molecule has 3 rings (SSSR count). The van der Waals surface area contributed by atoms with Crippen molar-refractivity contribution >= 4 is 5.91 Å². The van der Waals surface area contributed by atoms with Gasteiger partial charge in [-0.3, -0.25) is 4.79 Å². The molecule has 3 aromatic rings. The molecule has 6 nitrogen and oxygen atoms in total. The van der Waals surface area contributed by atoms with Crippen LogP contribution in [0.25, 0.3) is 11.4 Å². The topological polar surface area (TPSA) is 68.5 Å². The first-order valence-electron chi connectivity index (χ1n) is 9.40. The Morgan fingerprint density at radius 1 is 1.11 bits per heavy atom. The summed E-state index contributed by atoms with van der Waals surface area (Å²) in [6, 6.07) is 15.7. The molecule has 0 spiro atoms. The number of benzene rings is 2. The molecular formula is C22H25N3O3. The van der Waals surface area contributed by atoms with Crippen molar-refractivity contribution in [2.24, 2.45) is 0 Å². The molecule has 0 aliphatic carbocycles. The molecular weight excluding hydrogens is 354 g/mol. The first kappa shape index (κ1) is 19.6. The quantitative estimate of drug-likeness (QED) is 0.591. The second-order valence-corrected chi connectivity index (χ2v) is 6.70. The fraction of sp³-hybridized carbons (Fsp3) is 0.318. The zero-order valence-corrected chi connectivity index (χ0v) is 16.5. The zero-order valence-electron chi connectivity index (χ0n) is 16.5. The molecule has 1 amide bonds. The van der Waals surface area contributed by atoms with Crippen LogP contribution in [0.15, 0.2) is 53.1 Å². The largest absolute Gasteiger partial charge is 0.494 e. The maximum absolute atomic E-state index is 12.4. The number of ether oxygens (including phenoxy) is 1. The lowest BCUT2D eigenvalue weighted by Crippen LogP contribution is -2.26. The van der Waals surface area contributed by atoms with E-state index in [1.165, 1.54) is 5.56 Å². The number of amides is 1. The monoisotopic (exact) mass is 379 g/mol. The average Bonchev–Trinajstić information content (AvgIpc) is 3.17. The fourth-order valence-corrected chi connectivity index (χ4v) is 2.80. The number of rotatable bonds is 8. The van der Waals surface area contributed by atoms with Crippen molar-refractivity contribution in [1.82, 2.24) is 15.0 Å². The van der Waals surface area contributed by atoms with Crippen LogP contribution in [0.3, 0.4) is 0 Å². The van der Waals surface area contributed by atoms with Gasteiger partial charge in [-0.25, -0.2) is 0 Å². The van der Waals surface area contributed by atoms with Gasteiger partial charge in [0, 0.05) is 32.0 Å². The molecule has 0 bridgehead atoms. The number of aryl methyl sites for hydroxylation is 2. The van der Waals surface area contributed by atoms with Gasteiger partial charge in [-0.15, -0.1) is 0 Å². The maximum atomic E-state index is 12.4. The molecule has 28 heavy (non-hydrogen) atoms. The Kier molecular flexibility index (Phi) is 6.42. The molecule has 0 saturated heterocycles. The van der Waals surface area contributed by atoms with E-state index in [4.69, 9.17) is 9.26 Å². The summed E-state index contributed by atoms with van der Waals surface area (Å²) in [5.41, 5.74) is 3.13. The molecule has 0 atom stereocenters. The van der Waals surface area contributed by atoms with E-state index in [1.54, 1.807) is 11.9 Å². The summed E-state index contributed by atoms with van der Waals surface area (Å²) < 4.78 is 10.7. The predicted molar refractivity (Wildman–Crippen MR) is 107 cm³/mol. The van der Waals surface area contributed by atoms with Gasteiger partial charge in [-0.1, -0.05) is 47.1 Å². The lowest BCUT2D eigenvalue weighted by molar-refractivity contribution is -0.130. The van der Waals surface area contributed by atoms with E-state index < -0.39 is 0 Å². The van der Waals surface area contributed by atoms with Crippen LogP contribution in [0.4, 0.5) is 0 Å². The Morgan fingerprint density at radius 2 is 1.82 bits per heavy atom. The molecule has 0 aliphatic rings. The molecule has 0 fully saturated rings. The van der Waals surface area contributed by atoms with Crippen LogP contribution < -0.4 is 4.74 Å². The molecule has 0 N–H and O–H groups in total. The minimum absolute atomic E-state index is 0.0315. The fourth-order valence-electron chi connectivity index (χ4n) is 2.80. The third-order valence-electron chi connectivity index (χ3n) is 4.41. The minimum atomic E-state index is 0.0315. The number of carbonyl (C=O) groups is 1. The van der Waals surface area contributed by atoms with E-state index in [0.29, 0.717) is 37.7 Å². The van der Waals surface area contributed by atoms with Crippen LogP contribution in [-0.4, -0.2) is 34.6 Å². The number of hydrogen-bond donors (Lipinski definition) is 0. The van der Waals surface area contributed by atoms with Crippen molar-refractivity contribution in [3.05, 3.63) is 65.5 Å². The zero-order chi connectivity index (χ0) is 19.9. The summed E-state index contributed by atoms with van der Waals surface area (Å²) in [5.74, 6) is 1.88. The van der Waals surface area contributed by atoms with E-state index in [9.17, 15) is 4.79 Å². The van der Waals surface area contributed by atoms with Gasteiger partial charge in [0.2, 0.25) is 17.6 Å². The molecule has 2 aromatic carbocycles. The standard InChI is InChI=1S/C22H25N3O3/c1-4-27-19-11-7-17(8-12-19)15-25(3)21(26)14-13-20-23-22(24-28-20)18-9-5-16(2)6-10-18/h5-12H,4,13-15H2,1-3H3. The van der Waals surface area contributed by atoms with E-state index in [-0.39, 0.29) is 5.91 Å². The normalized spacial score (nSPS) is 10.7. The molecule has 0 aliphatic heterocycles. The highest BCUT2D eigenvalue weighted by molar-refractivity contribution is 5.76. The Morgan fingerprint density at radius 3 is 2.50 bits per heavy atom. The molecule has 1 heterocycles. The van der Waals surface area contributed by atoms with Crippen LogP contribution in [-0.2, 0) is 17.8 Å². The summed E-state index contributed by atoms with van der Waals surface area (Å²) in [6.45, 7) is 5.16. The van der Waals surface area contributed by atoms with Crippen LogP contribution in [0, 0.1) is 6.92 Å². The van der Waals surface area contributed by atoms with Gasteiger partial charge in [-0.05, 0) is 31.5 Å². The SMILES string of the molecule is CCOc1ccc(CN(C)C(=O)CCc2nc(-c3ccc(C)cc3)no2)cc1. The highest BCUT2D eigenvalue weighted by atomic mass is 16.5. The Labute approximate surface area is 165 Å². The third kappa shape index (κ3) is 5.19. The summed E-state index contributed by atoms with van der Waals surface area (Å²) in [7, 11) is 1.80. The van der Waals surface area contributed by atoms with E-state index in [1.807, 2.05) is 62.4 Å². The smallest absolute Gasteiger partial charge is 0.227 e. The van der Waals surface area contributed by atoms with E-state index >= 15 is 0 Å². The van der Waals surface area contributed by atoms with Crippen molar-refractivity contribution in [1.29, 1.82) is 0 Å². The van der Waals surface area contributed by atoms with Gasteiger partial charge in [-0.2, -0.15) is 4.98 Å². The van der Waals surface area contributed by atoms with Gasteiger partial charge in [0.05, 0.1) is 6.61 Å².